The Hall–Kier alpha value is -2.41. The highest BCUT2D eigenvalue weighted by atomic mass is 32.2. The van der Waals surface area contributed by atoms with Crippen molar-refractivity contribution in [2.24, 2.45) is 5.16 Å². The second kappa shape index (κ2) is 8.76. The van der Waals surface area contributed by atoms with Gasteiger partial charge in [0.2, 0.25) is 10.0 Å². The van der Waals surface area contributed by atoms with Crippen LogP contribution in [0.3, 0.4) is 0 Å². The second-order valence-electron chi connectivity index (χ2n) is 6.74. The summed E-state index contributed by atoms with van der Waals surface area (Å²) in [5.74, 6) is -0.651. The Kier molecular flexibility index (Phi) is 6.09. The van der Waals surface area contributed by atoms with E-state index in [4.69, 9.17) is 9.57 Å². The van der Waals surface area contributed by atoms with E-state index in [1.807, 2.05) is 0 Å². The molecule has 1 atom stereocenters. The molecule has 2 aliphatic rings. The van der Waals surface area contributed by atoms with E-state index in [9.17, 15) is 17.6 Å². The van der Waals surface area contributed by atoms with Gasteiger partial charge in [-0.05, 0) is 18.6 Å². The van der Waals surface area contributed by atoms with Crippen molar-refractivity contribution in [3.63, 3.8) is 0 Å². The van der Waals surface area contributed by atoms with E-state index in [-0.39, 0.29) is 21.8 Å². The smallest absolute Gasteiger partial charge is 0.280 e. The molecule has 9 nitrogen and oxygen atoms in total. The number of aromatic nitrogens is 1. The van der Waals surface area contributed by atoms with E-state index < -0.39 is 21.1 Å². The van der Waals surface area contributed by atoms with Gasteiger partial charge in [-0.25, -0.2) is 13.4 Å². The predicted molar refractivity (Wildman–Crippen MR) is 107 cm³/mol. The van der Waals surface area contributed by atoms with Crippen LogP contribution in [0, 0.1) is 5.13 Å². The summed E-state index contributed by atoms with van der Waals surface area (Å²) in [6.07, 6.45) is 2.20. The standard InChI is InChI=1S/C18H19FN4O5S2/c19-15-10-20-18(29-15)21-17(24)16(22-28-13-6-9-27-11-13)12-2-4-14(5-3-12)30(25,26)23-7-1-8-23/h2-5,10,13H,1,6-9,11H2,(H,20,21,24)/b22-16+/t13-/m1/s1. The number of thiazole rings is 1. The lowest BCUT2D eigenvalue weighted by Crippen LogP contribution is -2.41. The number of rotatable bonds is 7. The first-order valence-electron chi connectivity index (χ1n) is 9.28. The number of halogens is 1. The number of carbonyl (C=O) groups excluding carboxylic acids is 1. The summed E-state index contributed by atoms with van der Waals surface area (Å²) in [5.41, 5.74) is 0.274. The number of sulfonamides is 1. The molecule has 1 amide bonds. The molecular formula is C18H19FN4O5S2. The fourth-order valence-electron chi connectivity index (χ4n) is 2.88. The zero-order valence-corrected chi connectivity index (χ0v) is 17.4. The molecule has 0 spiro atoms. The van der Waals surface area contributed by atoms with Crippen molar-refractivity contribution in [1.29, 1.82) is 0 Å². The van der Waals surface area contributed by atoms with Gasteiger partial charge in [-0.1, -0.05) is 28.6 Å². The Morgan fingerprint density at radius 2 is 2.10 bits per heavy atom. The number of anilines is 1. The van der Waals surface area contributed by atoms with Crippen LogP contribution < -0.4 is 5.32 Å². The molecule has 2 fully saturated rings. The monoisotopic (exact) mass is 454 g/mol. The average molecular weight is 455 g/mol. The molecule has 2 aliphatic heterocycles. The number of nitrogens with one attached hydrogen (secondary N) is 1. The van der Waals surface area contributed by atoms with Gasteiger partial charge in [-0.2, -0.15) is 8.70 Å². The lowest BCUT2D eigenvalue weighted by molar-refractivity contribution is -0.110. The first-order chi connectivity index (χ1) is 14.4. The number of carbonyl (C=O) groups is 1. The molecule has 0 bridgehead atoms. The van der Waals surface area contributed by atoms with Crippen LogP contribution in [0.5, 0.6) is 0 Å². The van der Waals surface area contributed by atoms with Crippen molar-refractivity contribution in [2.75, 3.05) is 31.6 Å². The van der Waals surface area contributed by atoms with Crippen molar-refractivity contribution in [2.45, 2.75) is 23.8 Å². The van der Waals surface area contributed by atoms with E-state index >= 15 is 0 Å². The fourth-order valence-corrected chi connectivity index (χ4v) is 4.93. The molecule has 0 saturated carbocycles. The third-order valence-electron chi connectivity index (χ3n) is 4.67. The third kappa shape index (κ3) is 4.51. The summed E-state index contributed by atoms with van der Waals surface area (Å²) in [5, 5.41) is 6.00. The SMILES string of the molecule is O=C(Nc1ncc(F)s1)/C(=N/O[C@@H]1CCOC1)c1ccc(S(=O)(=O)N2CCC2)cc1. The molecule has 160 valence electrons. The summed E-state index contributed by atoms with van der Waals surface area (Å²) in [7, 11) is -3.54. The molecule has 2 saturated heterocycles. The molecule has 12 heteroatoms. The van der Waals surface area contributed by atoms with Crippen molar-refractivity contribution in [1.82, 2.24) is 9.29 Å². The van der Waals surface area contributed by atoms with Crippen molar-refractivity contribution in [3.8, 4) is 0 Å². The highest BCUT2D eigenvalue weighted by Crippen LogP contribution is 2.22. The molecule has 0 radical (unpaired) electrons. The van der Waals surface area contributed by atoms with Crippen LogP contribution in [-0.2, 0) is 24.4 Å². The summed E-state index contributed by atoms with van der Waals surface area (Å²) in [6, 6.07) is 5.82. The number of hydrogen-bond acceptors (Lipinski definition) is 8. The first-order valence-corrected chi connectivity index (χ1v) is 11.5. The van der Waals surface area contributed by atoms with Gasteiger partial charge in [0.05, 0.1) is 24.3 Å². The molecule has 1 aromatic heterocycles. The molecule has 0 aliphatic carbocycles. The second-order valence-corrected chi connectivity index (χ2v) is 9.66. The molecule has 0 unspecified atom stereocenters. The minimum Gasteiger partial charge on any atom is -0.389 e. The van der Waals surface area contributed by atoms with Crippen LogP contribution >= 0.6 is 11.3 Å². The van der Waals surface area contributed by atoms with Gasteiger partial charge in [-0.3, -0.25) is 10.1 Å². The van der Waals surface area contributed by atoms with Gasteiger partial charge in [0.1, 0.15) is 0 Å². The molecule has 1 aromatic carbocycles. The maximum absolute atomic E-state index is 13.2. The molecule has 1 N–H and O–H groups in total. The fraction of sp³-hybridized carbons (Fsp3) is 0.389. The normalized spacial score (nSPS) is 20.0. The lowest BCUT2D eigenvalue weighted by atomic mass is 10.1. The Bertz CT molecular complexity index is 1040. The third-order valence-corrected chi connectivity index (χ3v) is 7.29. The number of hydrogen-bond donors (Lipinski definition) is 1. The highest BCUT2D eigenvalue weighted by molar-refractivity contribution is 7.89. The van der Waals surface area contributed by atoms with E-state index in [1.165, 1.54) is 28.6 Å². The van der Waals surface area contributed by atoms with Crippen LogP contribution in [0.15, 0.2) is 40.5 Å². The van der Waals surface area contributed by atoms with Gasteiger partial charge in [0.25, 0.3) is 5.91 Å². The van der Waals surface area contributed by atoms with E-state index in [0.29, 0.717) is 49.6 Å². The summed E-state index contributed by atoms with van der Waals surface area (Å²) < 4.78 is 44.8. The first kappa shape index (κ1) is 20.8. The summed E-state index contributed by atoms with van der Waals surface area (Å²) in [6.45, 7) is 1.91. The van der Waals surface area contributed by atoms with Gasteiger partial charge in [0.15, 0.2) is 22.1 Å². The van der Waals surface area contributed by atoms with Gasteiger partial charge < -0.3 is 9.57 Å². The Balaban J connectivity index is 1.57. The lowest BCUT2D eigenvalue weighted by Gasteiger charge is -2.29. The summed E-state index contributed by atoms with van der Waals surface area (Å²) in [4.78, 5) is 22.1. The largest absolute Gasteiger partial charge is 0.389 e. The maximum atomic E-state index is 13.2. The van der Waals surface area contributed by atoms with Gasteiger partial charge in [-0.15, -0.1) is 0 Å². The topological polar surface area (TPSA) is 110 Å². The Labute approximate surface area is 176 Å². The van der Waals surface area contributed by atoms with E-state index in [1.54, 1.807) is 0 Å². The maximum Gasteiger partial charge on any atom is 0.280 e. The molecular weight excluding hydrogens is 435 g/mol. The minimum absolute atomic E-state index is 0.0754. The van der Waals surface area contributed by atoms with E-state index in [2.05, 4.69) is 15.5 Å². The van der Waals surface area contributed by atoms with Crippen molar-refractivity contribution < 1.29 is 27.2 Å². The van der Waals surface area contributed by atoms with Crippen LogP contribution in [0.25, 0.3) is 0 Å². The van der Waals surface area contributed by atoms with Crippen LogP contribution in [-0.4, -0.2) is 61.7 Å². The van der Waals surface area contributed by atoms with Gasteiger partial charge in [0, 0.05) is 25.1 Å². The highest BCUT2D eigenvalue weighted by Gasteiger charge is 2.29. The van der Waals surface area contributed by atoms with Gasteiger partial charge >= 0.3 is 0 Å². The number of nitrogens with zero attached hydrogens (tertiary/aromatic N) is 3. The number of benzene rings is 1. The average Bonchev–Trinajstić information content (AvgIpc) is 3.32. The Morgan fingerprint density at radius 1 is 1.33 bits per heavy atom. The van der Waals surface area contributed by atoms with Crippen LogP contribution in [0.4, 0.5) is 9.52 Å². The van der Waals surface area contributed by atoms with Crippen molar-refractivity contribution in [3.05, 3.63) is 41.2 Å². The van der Waals surface area contributed by atoms with Crippen LogP contribution in [0.2, 0.25) is 0 Å². The zero-order chi connectivity index (χ0) is 21.1. The molecule has 3 heterocycles. The number of ether oxygens (including phenoxy) is 1. The van der Waals surface area contributed by atoms with E-state index in [0.717, 1.165) is 12.6 Å². The molecule has 30 heavy (non-hydrogen) atoms. The number of amides is 1. The quantitative estimate of drug-likeness (QED) is 0.505. The number of oxime groups is 1. The zero-order valence-electron chi connectivity index (χ0n) is 15.8. The van der Waals surface area contributed by atoms with Crippen LogP contribution in [0.1, 0.15) is 18.4 Å². The predicted octanol–water partition coefficient (Wildman–Crippen LogP) is 1.82. The molecule has 4 rings (SSSR count). The Morgan fingerprint density at radius 3 is 2.67 bits per heavy atom. The summed E-state index contributed by atoms with van der Waals surface area (Å²) >= 11 is 0.680. The van der Waals surface area contributed by atoms with Crippen molar-refractivity contribution >= 4 is 38.1 Å². The minimum atomic E-state index is -3.54. The molecule has 2 aromatic rings.